The molecular weight excluding hydrogens is 314 g/mol. The average Bonchev–Trinajstić information content (AvgIpc) is 2.35. The van der Waals surface area contributed by atoms with Gasteiger partial charge >= 0.3 is 0 Å². The van der Waals surface area contributed by atoms with Crippen molar-refractivity contribution in [3.63, 3.8) is 0 Å². The third-order valence-electron chi connectivity index (χ3n) is 2.64. The van der Waals surface area contributed by atoms with Gasteiger partial charge in [0.25, 0.3) is 5.56 Å². The van der Waals surface area contributed by atoms with Gasteiger partial charge in [0.05, 0.1) is 30.6 Å². The summed E-state index contributed by atoms with van der Waals surface area (Å²) in [5.74, 6) is 0. The van der Waals surface area contributed by atoms with Gasteiger partial charge in [0, 0.05) is 13.7 Å². The number of aromatic nitrogens is 2. The lowest BCUT2D eigenvalue weighted by atomic mass is 10.2. The standard InChI is InChI=1S/C12H20BrN3O3/c1-8(2)16-12(18)11(13)10(6-14-16)15-9(4-5-17)7-19-3/h6,8-9,15,17H,4-5,7H2,1-3H3. The first-order chi connectivity index (χ1) is 9.01. The van der Waals surface area contributed by atoms with Crippen molar-refractivity contribution >= 4 is 21.6 Å². The SMILES string of the molecule is COCC(CCO)Nc1cnn(C(C)C)c(=O)c1Br. The van der Waals surface area contributed by atoms with E-state index in [0.29, 0.717) is 23.2 Å². The third-order valence-corrected chi connectivity index (χ3v) is 3.40. The van der Waals surface area contributed by atoms with Crippen LogP contribution in [0, 0.1) is 0 Å². The minimum atomic E-state index is -0.180. The van der Waals surface area contributed by atoms with E-state index in [1.165, 1.54) is 4.68 Å². The fourth-order valence-corrected chi connectivity index (χ4v) is 2.09. The van der Waals surface area contributed by atoms with E-state index in [9.17, 15) is 4.79 Å². The highest BCUT2D eigenvalue weighted by Gasteiger charge is 2.14. The molecule has 0 radical (unpaired) electrons. The predicted molar refractivity (Wildman–Crippen MR) is 77.6 cm³/mol. The number of ether oxygens (including phenoxy) is 1. The Bertz CT molecular complexity index is 456. The maximum absolute atomic E-state index is 12.1. The molecule has 0 aliphatic rings. The van der Waals surface area contributed by atoms with Gasteiger partial charge < -0.3 is 15.2 Å². The molecule has 1 heterocycles. The summed E-state index contributed by atoms with van der Waals surface area (Å²) in [6.07, 6.45) is 2.14. The van der Waals surface area contributed by atoms with Crippen molar-refractivity contribution in [2.45, 2.75) is 32.4 Å². The lowest BCUT2D eigenvalue weighted by Gasteiger charge is -2.19. The van der Waals surface area contributed by atoms with Crippen molar-refractivity contribution in [1.82, 2.24) is 9.78 Å². The van der Waals surface area contributed by atoms with E-state index in [2.05, 4.69) is 26.3 Å². The second kappa shape index (κ2) is 7.62. The van der Waals surface area contributed by atoms with Crippen LogP contribution in [0.5, 0.6) is 0 Å². The van der Waals surface area contributed by atoms with Crippen LogP contribution in [0.25, 0.3) is 0 Å². The van der Waals surface area contributed by atoms with E-state index in [0.717, 1.165) is 0 Å². The Kier molecular flexibility index (Phi) is 6.47. The van der Waals surface area contributed by atoms with Crippen molar-refractivity contribution < 1.29 is 9.84 Å². The van der Waals surface area contributed by atoms with Gasteiger partial charge in [-0.15, -0.1) is 0 Å². The van der Waals surface area contributed by atoms with Gasteiger partial charge in [-0.1, -0.05) is 0 Å². The number of nitrogens with one attached hydrogen (secondary N) is 1. The van der Waals surface area contributed by atoms with E-state index in [1.807, 2.05) is 13.8 Å². The fourth-order valence-electron chi connectivity index (χ4n) is 1.69. The van der Waals surface area contributed by atoms with Crippen LogP contribution >= 0.6 is 15.9 Å². The van der Waals surface area contributed by atoms with E-state index >= 15 is 0 Å². The van der Waals surface area contributed by atoms with Crippen molar-refractivity contribution in [2.75, 3.05) is 25.6 Å². The van der Waals surface area contributed by atoms with Gasteiger partial charge in [-0.25, -0.2) is 4.68 Å². The van der Waals surface area contributed by atoms with Gasteiger partial charge in [0.15, 0.2) is 0 Å². The number of aliphatic hydroxyl groups excluding tert-OH is 1. The molecule has 1 atom stereocenters. The Morgan fingerprint density at radius 3 is 2.79 bits per heavy atom. The Labute approximate surface area is 120 Å². The first-order valence-electron chi connectivity index (χ1n) is 6.14. The summed E-state index contributed by atoms with van der Waals surface area (Å²) in [6.45, 7) is 4.29. The molecule has 0 spiro atoms. The van der Waals surface area contributed by atoms with Crippen LogP contribution < -0.4 is 10.9 Å². The summed E-state index contributed by atoms with van der Waals surface area (Å²) in [5, 5.41) is 16.3. The lowest BCUT2D eigenvalue weighted by molar-refractivity contribution is 0.170. The second-order valence-corrected chi connectivity index (χ2v) is 5.32. The van der Waals surface area contributed by atoms with Crippen LogP contribution in [-0.2, 0) is 4.74 Å². The molecule has 2 N–H and O–H groups in total. The molecule has 0 saturated heterocycles. The van der Waals surface area contributed by atoms with Crippen molar-refractivity contribution in [1.29, 1.82) is 0 Å². The number of hydrogen-bond acceptors (Lipinski definition) is 5. The minimum Gasteiger partial charge on any atom is -0.396 e. The molecule has 6 nitrogen and oxygen atoms in total. The van der Waals surface area contributed by atoms with Crippen LogP contribution in [0.2, 0.25) is 0 Å². The van der Waals surface area contributed by atoms with Crippen molar-refractivity contribution in [3.8, 4) is 0 Å². The number of aliphatic hydroxyl groups is 1. The Hall–Kier alpha value is -0.920. The molecule has 7 heteroatoms. The highest BCUT2D eigenvalue weighted by molar-refractivity contribution is 9.10. The fraction of sp³-hybridized carbons (Fsp3) is 0.667. The molecule has 0 saturated carbocycles. The molecule has 1 unspecified atom stereocenters. The summed E-state index contributed by atoms with van der Waals surface area (Å²) in [6, 6.07) is -0.0625. The second-order valence-electron chi connectivity index (χ2n) is 4.52. The Morgan fingerprint density at radius 2 is 2.26 bits per heavy atom. The molecule has 0 aromatic carbocycles. The summed E-state index contributed by atoms with van der Waals surface area (Å²) in [7, 11) is 1.59. The number of methoxy groups -OCH3 is 1. The molecule has 0 fully saturated rings. The summed E-state index contributed by atoms with van der Waals surface area (Å²) < 4.78 is 6.92. The molecule has 108 valence electrons. The maximum Gasteiger partial charge on any atom is 0.283 e. The summed E-state index contributed by atoms with van der Waals surface area (Å²) >= 11 is 3.29. The zero-order chi connectivity index (χ0) is 14.4. The highest BCUT2D eigenvalue weighted by Crippen LogP contribution is 2.18. The number of nitrogens with zero attached hydrogens (tertiary/aromatic N) is 2. The summed E-state index contributed by atoms with van der Waals surface area (Å²) in [4.78, 5) is 12.1. The molecule has 0 bridgehead atoms. The Balaban J connectivity index is 2.95. The maximum atomic E-state index is 12.1. The largest absolute Gasteiger partial charge is 0.396 e. The van der Waals surface area contributed by atoms with Gasteiger partial charge in [-0.2, -0.15) is 5.10 Å². The topological polar surface area (TPSA) is 76.4 Å². The third kappa shape index (κ3) is 4.29. The smallest absolute Gasteiger partial charge is 0.283 e. The van der Waals surface area contributed by atoms with Gasteiger partial charge in [-0.05, 0) is 36.2 Å². The number of halogens is 1. The molecule has 0 amide bonds. The predicted octanol–water partition coefficient (Wildman–Crippen LogP) is 1.40. The van der Waals surface area contributed by atoms with E-state index < -0.39 is 0 Å². The van der Waals surface area contributed by atoms with Crippen molar-refractivity contribution in [3.05, 3.63) is 21.0 Å². The molecule has 1 aromatic heterocycles. The van der Waals surface area contributed by atoms with Crippen LogP contribution in [-0.4, -0.2) is 41.3 Å². The van der Waals surface area contributed by atoms with Gasteiger partial charge in [0.2, 0.25) is 0 Å². The number of rotatable bonds is 7. The van der Waals surface area contributed by atoms with Crippen LogP contribution in [0.1, 0.15) is 26.3 Å². The number of anilines is 1. The molecule has 1 aromatic rings. The average molecular weight is 334 g/mol. The highest BCUT2D eigenvalue weighted by atomic mass is 79.9. The normalized spacial score (nSPS) is 12.7. The molecular formula is C12H20BrN3O3. The van der Waals surface area contributed by atoms with E-state index in [-0.39, 0.29) is 24.2 Å². The number of hydrogen-bond donors (Lipinski definition) is 2. The van der Waals surface area contributed by atoms with Gasteiger partial charge in [-0.3, -0.25) is 4.79 Å². The lowest BCUT2D eigenvalue weighted by Crippen LogP contribution is -2.30. The summed E-state index contributed by atoms with van der Waals surface area (Å²) in [5.41, 5.74) is 0.428. The van der Waals surface area contributed by atoms with Crippen LogP contribution in [0.15, 0.2) is 15.5 Å². The molecule has 19 heavy (non-hydrogen) atoms. The van der Waals surface area contributed by atoms with Crippen LogP contribution in [0.4, 0.5) is 5.69 Å². The first-order valence-corrected chi connectivity index (χ1v) is 6.94. The minimum absolute atomic E-state index is 0.00469. The van der Waals surface area contributed by atoms with Crippen molar-refractivity contribution in [2.24, 2.45) is 0 Å². The zero-order valence-corrected chi connectivity index (χ0v) is 13.0. The molecule has 0 aliphatic carbocycles. The van der Waals surface area contributed by atoms with Crippen LogP contribution in [0.3, 0.4) is 0 Å². The van der Waals surface area contributed by atoms with E-state index in [1.54, 1.807) is 13.3 Å². The van der Waals surface area contributed by atoms with E-state index in [4.69, 9.17) is 9.84 Å². The Morgan fingerprint density at radius 1 is 1.58 bits per heavy atom. The molecule has 0 aliphatic heterocycles. The van der Waals surface area contributed by atoms with Gasteiger partial charge in [0.1, 0.15) is 4.47 Å². The quantitative estimate of drug-likeness (QED) is 0.788. The first kappa shape index (κ1) is 16.1. The zero-order valence-electron chi connectivity index (χ0n) is 11.4. The monoisotopic (exact) mass is 333 g/mol. The molecule has 1 rings (SSSR count).